The maximum atomic E-state index is 5.96. The fourth-order valence-corrected chi connectivity index (χ4v) is 3.20. The minimum absolute atomic E-state index is 0. The molecule has 1 aliphatic heterocycles. The molecule has 8 heteroatoms. The lowest BCUT2D eigenvalue weighted by atomic mass is 10.2. The first kappa shape index (κ1) is 23.8. The number of halogens is 1. The average molecular weight is 492 g/mol. The average Bonchev–Trinajstić information content (AvgIpc) is 2.62. The van der Waals surface area contributed by atoms with Crippen LogP contribution in [0, 0.1) is 0 Å². The summed E-state index contributed by atoms with van der Waals surface area (Å²) in [5.41, 5.74) is 6.98. The van der Waals surface area contributed by atoms with Crippen LogP contribution in [0.2, 0.25) is 0 Å². The normalized spacial score (nSPS) is 20.7. The highest BCUT2D eigenvalue weighted by atomic mass is 127. The van der Waals surface area contributed by atoms with E-state index in [1.54, 1.807) is 14.2 Å². The summed E-state index contributed by atoms with van der Waals surface area (Å²) in [5, 5.41) is 3.18. The predicted octanol–water partition coefficient (Wildman–Crippen LogP) is 2.23. The first-order chi connectivity index (χ1) is 12.5. The molecular weight excluding hydrogens is 459 g/mol. The van der Waals surface area contributed by atoms with E-state index in [9.17, 15) is 0 Å². The molecule has 1 fully saturated rings. The van der Waals surface area contributed by atoms with E-state index in [0.29, 0.717) is 36.2 Å². The molecule has 27 heavy (non-hydrogen) atoms. The zero-order valence-electron chi connectivity index (χ0n) is 16.7. The van der Waals surface area contributed by atoms with E-state index in [2.05, 4.69) is 29.1 Å². The smallest absolute Gasteiger partial charge is 0.188 e. The highest BCUT2D eigenvalue weighted by Crippen LogP contribution is 2.27. The summed E-state index contributed by atoms with van der Waals surface area (Å²) in [7, 11) is 3.24. The molecule has 2 rings (SSSR count). The Morgan fingerprint density at radius 3 is 2.52 bits per heavy atom. The monoisotopic (exact) mass is 492 g/mol. The number of hydrogen-bond acceptors (Lipinski definition) is 5. The van der Waals surface area contributed by atoms with Crippen molar-refractivity contribution in [3.63, 3.8) is 0 Å². The number of ether oxygens (including phenoxy) is 3. The Kier molecular flexibility index (Phi) is 10.8. The highest BCUT2D eigenvalue weighted by molar-refractivity contribution is 14.0. The molecule has 2 atom stereocenters. The summed E-state index contributed by atoms with van der Waals surface area (Å²) < 4.78 is 16.3. The minimum atomic E-state index is 0. The van der Waals surface area contributed by atoms with Crippen molar-refractivity contribution in [3.05, 3.63) is 23.8 Å². The van der Waals surface area contributed by atoms with Gasteiger partial charge in [0.1, 0.15) is 0 Å². The third kappa shape index (κ3) is 8.10. The first-order valence-corrected chi connectivity index (χ1v) is 9.14. The van der Waals surface area contributed by atoms with Crippen LogP contribution in [0.4, 0.5) is 0 Å². The molecule has 0 bridgehead atoms. The molecular formula is C19H33IN4O3. The van der Waals surface area contributed by atoms with Gasteiger partial charge in [0.2, 0.25) is 0 Å². The number of methoxy groups -OCH3 is 2. The molecule has 0 radical (unpaired) electrons. The van der Waals surface area contributed by atoms with Gasteiger partial charge in [0.05, 0.1) is 33.0 Å². The topological polar surface area (TPSA) is 81.3 Å². The molecule has 1 saturated heterocycles. The third-order valence-electron chi connectivity index (χ3n) is 4.33. The lowest BCUT2D eigenvalue weighted by Gasteiger charge is -2.35. The van der Waals surface area contributed by atoms with Crippen molar-refractivity contribution < 1.29 is 14.2 Å². The van der Waals surface area contributed by atoms with E-state index < -0.39 is 0 Å². The van der Waals surface area contributed by atoms with Crippen molar-refractivity contribution in [3.8, 4) is 11.5 Å². The fourth-order valence-electron chi connectivity index (χ4n) is 3.20. The van der Waals surface area contributed by atoms with E-state index in [0.717, 1.165) is 38.2 Å². The molecule has 2 unspecified atom stereocenters. The van der Waals surface area contributed by atoms with Gasteiger partial charge in [-0.05, 0) is 38.0 Å². The number of hydrogen-bond donors (Lipinski definition) is 2. The van der Waals surface area contributed by atoms with Crippen LogP contribution in [0.25, 0.3) is 0 Å². The number of morpholine rings is 1. The summed E-state index contributed by atoms with van der Waals surface area (Å²) >= 11 is 0. The quantitative estimate of drug-likeness (QED) is 0.251. The van der Waals surface area contributed by atoms with Gasteiger partial charge in [-0.2, -0.15) is 0 Å². The molecule has 1 heterocycles. The van der Waals surface area contributed by atoms with Gasteiger partial charge in [-0.25, -0.2) is 4.99 Å². The van der Waals surface area contributed by atoms with Crippen LogP contribution in [0.15, 0.2) is 23.2 Å². The predicted molar refractivity (Wildman–Crippen MR) is 119 cm³/mol. The Hall–Kier alpha value is -1.26. The third-order valence-corrected chi connectivity index (χ3v) is 4.33. The van der Waals surface area contributed by atoms with E-state index in [4.69, 9.17) is 19.9 Å². The largest absolute Gasteiger partial charge is 0.493 e. The zero-order valence-corrected chi connectivity index (χ0v) is 19.1. The fraction of sp³-hybridized carbons (Fsp3) is 0.632. The summed E-state index contributed by atoms with van der Waals surface area (Å²) in [6.07, 6.45) is 1.63. The van der Waals surface area contributed by atoms with E-state index in [-0.39, 0.29) is 24.0 Å². The molecule has 1 aromatic rings. The van der Waals surface area contributed by atoms with Crippen molar-refractivity contribution in [2.24, 2.45) is 10.7 Å². The van der Waals surface area contributed by atoms with Gasteiger partial charge in [-0.3, -0.25) is 4.90 Å². The Balaban J connectivity index is 0.00000364. The van der Waals surface area contributed by atoms with Gasteiger partial charge in [0, 0.05) is 26.2 Å². The zero-order chi connectivity index (χ0) is 18.9. The Morgan fingerprint density at radius 2 is 1.89 bits per heavy atom. The molecule has 0 spiro atoms. The minimum Gasteiger partial charge on any atom is -0.493 e. The van der Waals surface area contributed by atoms with Gasteiger partial charge in [-0.15, -0.1) is 24.0 Å². The second-order valence-electron chi connectivity index (χ2n) is 6.69. The molecule has 0 aromatic heterocycles. The van der Waals surface area contributed by atoms with Crippen LogP contribution >= 0.6 is 24.0 Å². The van der Waals surface area contributed by atoms with Crippen molar-refractivity contribution in [2.75, 3.05) is 40.4 Å². The van der Waals surface area contributed by atoms with Crippen molar-refractivity contribution in [2.45, 2.75) is 39.0 Å². The summed E-state index contributed by atoms with van der Waals surface area (Å²) in [6, 6.07) is 5.74. The van der Waals surface area contributed by atoms with Gasteiger partial charge in [-0.1, -0.05) is 6.07 Å². The van der Waals surface area contributed by atoms with Crippen molar-refractivity contribution >= 4 is 29.9 Å². The molecule has 0 aliphatic carbocycles. The highest BCUT2D eigenvalue weighted by Gasteiger charge is 2.21. The van der Waals surface area contributed by atoms with Crippen LogP contribution in [0.3, 0.4) is 0 Å². The molecule has 0 amide bonds. The van der Waals surface area contributed by atoms with Crippen molar-refractivity contribution in [1.82, 2.24) is 10.2 Å². The number of aliphatic imine (C=N–C) groups is 1. The van der Waals surface area contributed by atoms with E-state index in [1.165, 1.54) is 0 Å². The number of nitrogens with zero attached hydrogens (tertiary/aromatic N) is 2. The second-order valence-corrected chi connectivity index (χ2v) is 6.69. The summed E-state index contributed by atoms with van der Waals surface area (Å²) in [6.45, 7) is 8.58. The van der Waals surface area contributed by atoms with Crippen molar-refractivity contribution in [1.29, 1.82) is 0 Å². The number of nitrogens with two attached hydrogens (primary N) is 1. The van der Waals surface area contributed by atoms with Gasteiger partial charge in [0.25, 0.3) is 0 Å². The lowest BCUT2D eigenvalue weighted by Crippen LogP contribution is -2.46. The van der Waals surface area contributed by atoms with Gasteiger partial charge in [0.15, 0.2) is 17.5 Å². The molecule has 1 aromatic carbocycles. The molecule has 1 aliphatic rings. The van der Waals surface area contributed by atoms with Crippen LogP contribution < -0.4 is 20.5 Å². The van der Waals surface area contributed by atoms with Crippen LogP contribution in [0.5, 0.6) is 11.5 Å². The standard InChI is InChI=1S/C19H32N4O3.HI/c1-14-12-23(13-15(2)26-14)9-5-8-21-19(20)22-11-16-6-7-17(24-3)18(10-16)25-4;/h6-7,10,14-15H,5,8-9,11-13H2,1-4H3,(H3,20,21,22);1H. The number of guanidine groups is 1. The van der Waals surface area contributed by atoms with E-state index >= 15 is 0 Å². The molecule has 154 valence electrons. The number of benzene rings is 1. The Bertz CT molecular complexity index is 590. The SMILES string of the molecule is COc1ccc(CN=C(N)NCCCN2CC(C)OC(C)C2)cc1OC.I. The lowest BCUT2D eigenvalue weighted by molar-refractivity contribution is -0.0679. The second kappa shape index (κ2) is 12.2. The maximum absolute atomic E-state index is 5.96. The number of rotatable bonds is 8. The Labute approximate surface area is 179 Å². The summed E-state index contributed by atoms with van der Waals surface area (Å²) in [4.78, 5) is 6.83. The molecule has 7 nitrogen and oxygen atoms in total. The first-order valence-electron chi connectivity index (χ1n) is 9.14. The summed E-state index contributed by atoms with van der Waals surface area (Å²) in [5.74, 6) is 1.86. The van der Waals surface area contributed by atoms with Crippen LogP contribution in [-0.4, -0.2) is 63.5 Å². The van der Waals surface area contributed by atoms with Gasteiger partial charge >= 0.3 is 0 Å². The van der Waals surface area contributed by atoms with Crippen LogP contribution in [0.1, 0.15) is 25.8 Å². The maximum Gasteiger partial charge on any atom is 0.188 e. The Morgan fingerprint density at radius 1 is 1.22 bits per heavy atom. The van der Waals surface area contributed by atoms with Gasteiger partial charge < -0.3 is 25.3 Å². The molecule has 3 N–H and O–H groups in total. The number of nitrogens with one attached hydrogen (secondary N) is 1. The molecule has 0 saturated carbocycles. The van der Waals surface area contributed by atoms with Crippen LogP contribution in [-0.2, 0) is 11.3 Å². The van der Waals surface area contributed by atoms with E-state index in [1.807, 2.05) is 18.2 Å².